The number of sulfonamides is 1. The van der Waals surface area contributed by atoms with E-state index in [0.29, 0.717) is 6.42 Å². The van der Waals surface area contributed by atoms with E-state index in [2.05, 4.69) is 0 Å². The maximum absolute atomic E-state index is 13.2. The van der Waals surface area contributed by atoms with E-state index >= 15 is 0 Å². The second-order valence-corrected chi connectivity index (χ2v) is 6.54. The van der Waals surface area contributed by atoms with Crippen molar-refractivity contribution in [1.82, 2.24) is 4.31 Å². The minimum absolute atomic E-state index is 0.0513. The molecule has 5 nitrogen and oxygen atoms in total. The molecule has 0 spiro atoms. The number of halogens is 2. The molecule has 1 aliphatic heterocycles. The number of carbonyl (C=O) groups is 1. The Labute approximate surface area is 114 Å². The van der Waals surface area contributed by atoms with Crippen molar-refractivity contribution in [3.05, 3.63) is 29.0 Å². The molecule has 104 valence electrons. The molecule has 2 rings (SSSR count). The summed E-state index contributed by atoms with van der Waals surface area (Å²) in [6, 6.07) is 1.82. The molecule has 0 unspecified atom stereocenters. The van der Waals surface area contributed by atoms with Gasteiger partial charge < -0.3 is 5.11 Å². The fraction of sp³-hybridized carbons (Fsp3) is 0.364. The molecule has 0 aromatic heterocycles. The van der Waals surface area contributed by atoms with Crippen LogP contribution in [-0.4, -0.2) is 36.4 Å². The van der Waals surface area contributed by atoms with E-state index in [9.17, 15) is 17.6 Å². The molecule has 0 radical (unpaired) electrons. The van der Waals surface area contributed by atoms with Crippen LogP contribution in [0.25, 0.3) is 0 Å². The van der Waals surface area contributed by atoms with Gasteiger partial charge in [-0.3, -0.25) is 4.79 Å². The van der Waals surface area contributed by atoms with E-state index in [1.165, 1.54) is 0 Å². The van der Waals surface area contributed by atoms with Gasteiger partial charge in [-0.05, 0) is 31.0 Å². The summed E-state index contributed by atoms with van der Waals surface area (Å²) in [5.41, 5.74) is 0. The van der Waals surface area contributed by atoms with Gasteiger partial charge in [-0.1, -0.05) is 11.6 Å². The van der Waals surface area contributed by atoms with Gasteiger partial charge in [0.05, 0.1) is 4.90 Å². The second kappa shape index (κ2) is 5.07. The molecule has 0 amide bonds. The topological polar surface area (TPSA) is 74.7 Å². The van der Waals surface area contributed by atoms with Crippen LogP contribution in [0.3, 0.4) is 0 Å². The number of aliphatic carboxylic acids is 1. The maximum Gasteiger partial charge on any atom is 0.322 e. The molecule has 1 aromatic carbocycles. The summed E-state index contributed by atoms with van der Waals surface area (Å²) in [5, 5.41) is 8.95. The first-order chi connectivity index (χ1) is 8.82. The lowest BCUT2D eigenvalue weighted by Crippen LogP contribution is -2.40. The Hall–Kier alpha value is -1.18. The van der Waals surface area contributed by atoms with Gasteiger partial charge in [0.15, 0.2) is 0 Å². The van der Waals surface area contributed by atoms with Crippen molar-refractivity contribution in [2.24, 2.45) is 0 Å². The Morgan fingerprint density at radius 1 is 1.42 bits per heavy atom. The summed E-state index contributed by atoms with van der Waals surface area (Å²) in [5.74, 6) is -1.99. The molecule has 1 saturated heterocycles. The number of hydrogen-bond acceptors (Lipinski definition) is 3. The molecule has 0 aliphatic carbocycles. The van der Waals surface area contributed by atoms with Crippen molar-refractivity contribution < 1.29 is 22.7 Å². The van der Waals surface area contributed by atoms with Crippen LogP contribution in [0, 0.1) is 5.82 Å². The van der Waals surface area contributed by atoms with Gasteiger partial charge in [-0.15, -0.1) is 0 Å². The Balaban J connectivity index is 2.44. The van der Waals surface area contributed by atoms with E-state index < -0.39 is 27.9 Å². The normalized spacial score (nSPS) is 20.6. The van der Waals surface area contributed by atoms with Crippen molar-refractivity contribution >= 4 is 27.6 Å². The average Bonchev–Trinajstić information content (AvgIpc) is 2.76. The highest BCUT2D eigenvalue weighted by molar-refractivity contribution is 7.89. The van der Waals surface area contributed by atoms with Crippen molar-refractivity contribution in [3.63, 3.8) is 0 Å². The lowest BCUT2D eigenvalue weighted by molar-refractivity contribution is -0.140. The van der Waals surface area contributed by atoms with Crippen LogP contribution in [0.2, 0.25) is 5.02 Å². The fourth-order valence-corrected chi connectivity index (χ4v) is 4.08. The molecular formula is C11H11ClFNO4S. The van der Waals surface area contributed by atoms with Crippen LogP contribution in [0.5, 0.6) is 0 Å². The van der Waals surface area contributed by atoms with Gasteiger partial charge in [0.1, 0.15) is 11.9 Å². The van der Waals surface area contributed by atoms with Crippen molar-refractivity contribution in [1.29, 1.82) is 0 Å². The lowest BCUT2D eigenvalue weighted by atomic mass is 10.2. The van der Waals surface area contributed by atoms with Crippen LogP contribution >= 0.6 is 11.6 Å². The maximum atomic E-state index is 13.2. The van der Waals surface area contributed by atoms with Gasteiger partial charge in [-0.25, -0.2) is 12.8 Å². The summed E-state index contributed by atoms with van der Waals surface area (Å²) < 4.78 is 38.7. The molecule has 19 heavy (non-hydrogen) atoms. The zero-order valence-electron chi connectivity index (χ0n) is 9.71. The number of hydrogen-bond donors (Lipinski definition) is 1. The third kappa shape index (κ3) is 2.72. The average molecular weight is 308 g/mol. The minimum Gasteiger partial charge on any atom is -0.480 e. The minimum atomic E-state index is -4.05. The van der Waals surface area contributed by atoms with Crippen molar-refractivity contribution in [2.45, 2.75) is 23.8 Å². The van der Waals surface area contributed by atoms with Gasteiger partial charge in [0.25, 0.3) is 0 Å². The zero-order chi connectivity index (χ0) is 14.2. The van der Waals surface area contributed by atoms with Crippen molar-refractivity contribution in [2.75, 3.05) is 6.54 Å². The summed E-state index contributed by atoms with van der Waals surface area (Å²) in [6.07, 6.45) is 0.705. The standard InChI is InChI=1S/C11H11ClFNO4S/c12-7-4-8(13)6-9(5-7)19(17,18)14-3-1-2-10(14)11(15)16/h4-6,10H,1-3H2,(H,15,16)/t10-/m0/s1. The number of rotatable bonds is 3. The quantitative estimate of drug-likeness (QED) is 0.922. The van der Waals surface area contributed by atoms with Gasteiger partial charge in [0.2, 0.25) is 10.0 Å². The van der Waals surface area contributed by atoms with Crippen molar-refractivity contribution in [3.8, 4) is 0 Å². The summed E-state index contributed by atoms with van der Waals surface area (Å²) >= 11 is 5.62. The Kier molecular flexibility index (Phi) is 3.80. The molecule has 1 N–H and O–H groups in total. The molecule has 0 bridgehead atoms. The van der Waals surface area contributed by atoms with E-state index in [4.69, 9.17) is 16.7 Å². The number of benzene rings is 1. The fourth-order valence-electron chi connectivity index (χ4n) is 2.09. The third-order valence-electron chi connectivity index (χ3n) is 2.93. The molecule has 8 heteroatoms. The summed E-state index contributed by atoms with van der Waals surface area (Å²) in [4.78, 5) is 10.7. The predicted molar refractivity (Wildman–Crippen MR) is 66.0 cm³/mol. The molecule has 1 fully saturated rings. The highest BCUT2D eigenvalue weighted by Crippen LogP contribution is 2.28. The first-order valence-corrected chi connectivity index (χ1v) is 7.35. The second-order valence-electron chi connectivity index (χ2n) is 4.22. The first-order valence-electron chi connectivity index (χ1n) is 5.53. The molecule has 1 atom stereocenters. The van der Waals surface area contributed by atoms with Crippen LogP contribution in [0.15, 0.2) is 23.1 Å². The van der Waals surface area contributed by atoms with E-state index in [-0.39, 0.29) is 22.9 Å². The molecule has 0 saturated carbocycles. The highest BCUT2D eigenvalue weighted by Gasteiger charge is 2.39. The highest BCUT2D eigenvalue weighted by atomic mass is 35.5. The number of carboxylic acids is 1. The van der Waals surface area contributed by atoms with Gasteiger partial charge >= 0.3 is 5.97 Å². The molecule has 1 aromatic rings. The largest absolute Gasteiger partial charge is 0.480 e. The molecule has 1 heterocycles. The monoisotopic (exact) mass is 307 g/mol. The number of nitrogens with zero attached hydrogens (tertiary/aromatic N) is 1. The van der Waals surface area contributed by atoms with E-state index in [1.807, 2.05) is 0 Å². The third-order valence-corrected chi connectivity index (χ3v) is 5.04. The summed E-state index contributed by atoms with van der Waals surface area (Å²) in [6.45, 7) is 0.105. The van der Waals surface area contributed by atoms with E-state index in [1.54, 1.807) is 0 Å². The van der Waals surface area contributed by atoms with Crippen LogP contribution in [0.1, 0.15) is 12.8 Å². The van der Waals surface area contributed by atoms with Gasteiger partial charge in [-0.2, -0.15) is 4.31 Å². The SMILES string of the molecule is O=C(O)[C@@H]1CCCN1S(=O)(=O)c1cc(F)cc(Cl)c1. The number of carboxylic acid groups (broad SMARTS) is 1. The first kappa shape index (κ1) is 14.2. The van der Waals surface area contributed by atoms with Crippen LogP contribution < -0.4 is 0 Å². The predicted octanol–water partition coefficient (Wildman–Crippen LogP) is 1.72. The van der Waals surface area contributed by atoms with Crippen LogP contribution in [0.4, 0.5) is 4.39 Å². The smallest absolute Gasteiger partial charge is 0.322 e. The Morgan fingerprint density at radius 3 is 2.68 bits per heavy atom. The Morgan fingerprint density at radius 2 is 2.11 bits per heavy atom. The zero-order valence-corrected chi connectivity index (χ0v) is 11.3. The van der Waals surface area contributed by atoms with Gasteiger partial charge in [0, 0.05) is 11.6 Å². The summed E-state index contributed by atoms with van der Waals surface area (Å²) in [7, 11) is -4.05. The van der Waals surface area contributed by atoms with Crippen LogP contribution in [-0.2, 0) is 14.8 Å². The lowest BCUT2D eigenvalue weighted by Gasteiger charge is -2.21. The molecular weight excluding hydrogens is 297 g/mol. The Bertz CT molecular complexity index is 599. The van der Waals surface area contributed by atoms with E-state index in [0.717, 1.165) is 22.5 Å². The molecule has 1 aliphatic rings.